The van der Waals surface area contributed by atoms with E-state index in [1.54, 1.807) is 60.7 Å². The monoisotopic (exact) mass is 476 g/mol. The lowest BCUT2D eigenvalue weighted by Crippen LogP contribution is -2.01. The summed E-state index contributed by atoms with van der Waals surface area (Å²) < 4.78 is 55.1. The van der Waals surface area contributed by atoms with Crippen LogP contribution in [0.15, 0.2) is 78.9 Å². The summed E-state index contributed by atoms with van der Waals surface area (Å²) in [6.45, 7) is 4.63. The molecular weight excluding hydrogens is 449 g/mol. The molecule has 0 unspecified atom stereocenters. The SMILES string of the molecule is CCCCOc1ccc(COc2ccc(-c3ccc(-c4ccc(C)cc4)c(F)c3F)cc2)cc1F. The van der Waals surface area contributed by atoms with E-state index < -0.39 is 17.5 Å². The lowest BCUT2D eigenvalue weighted by molar-refractivity contribution is 0.290. The number of benzene rings is 4. The molecule has 4 aromatic carbocycles. The summed E-state index contributed by atoms with van der Waals surface area (Å²) >= 11 is 0. The van der Waals surface area contributed by atoms with E-state index in [2.05, 4.69) is 0 Å². The number of ether oxygens (including phenoxy) is 2. The van der Waals surface area contributed by atoms with Crippen LogP contribution in [0.3, 0.4) is 0 Å². The minimum Gasteiger partial charge on any atom is -0.491 e. The molecule has 0 fully saturated rings. The second kappa shape index (κ2) is 11.1. The predicted molar refractivity (Wildman–Crippen MR) is 133 cm³/mol. The largest absolute Gasteiger partial charge is 0.491 e. The molecule has 0 amide bonds. The van der Waals surface area contributed by atoms with Crippen LogP contribution in [-0.2, 0) is 6.61 Å². The van der Waals surface area contributed by atoms with Crippen molar-refractivity contribution in [2.24, 2.45) is 0 Å². The van der Waals surface area contributed by atoms with Crippen molar-refractivity contribution in [3.05, 3.63) is 107 Å². The van der Waals surface area contributed by atoms with Gasteiger partial charge in [-0.25, -0.2) is 13.2 Å². The maximum atomic E-state index is 14.9. The quantitative estimate of drug-likeness (QED) is 0.226. The molecule has 0 spiro atoms. The van der Waals surface area contributed by atoms with Gasteiger partial charge in [0, 0.05) is 11.1 Å². The van der Waals surface area contributed by atoms with Crippen molar-refractivity contribution in [3.8, 4) is 33.8 Å². The Labute approximate surface area is 204 Å². The summed E-state index contributed by atoms with van der Waals surface area (Å²) in [4.78, 5) is 0. The number of hydrogen-bond acceptors (Lipinski definition) is 2. The predicted octanol–water partition coefficient (Wildman–Crippen LogP) is 8.50. The van der Waals surface area contributed by atoms with Crippen molar-refractivity contribution in [1.82, 2.24) is 0 Å². The van der Waals surface area contributed by atoms with Gasteiger partial charge < -0.3 is 9.47 Å². The second-order valence-electron chi connectivity index (χ2n) is 8.43. The van der Waals surface area contributed by atoms with E-state index in [1.807, 2.05) is 26.0 Å². The topological polar surface area (TPSA) is 18.5 Å². The van der Waals surface area contributed by atoms with Gasteiger partial charge in [-0.3, -0.25) is 0 Å². The van der Waals surface area contributed by atoms with Crippen molar-refractivity contribution in [1.29, 1.82) is 0 Å². The zero-order valence-corrected chi connectivity index (χ0v) is 19.8. The smallest absolute Gasteiger partial charge is 0.167 e. The molecule has 0 aromatic heterocycles. The van der Waals surface area contributed by atoms with E-state index in [9.17, 15) is 13.2 Å². The van der Waals surface area contributed by atoms with Crippen LogP contribution in [0.4, 0.5) is 13.2 Å². The van der Waals surface area contributed by atoms with Crippen LogP contribution in [0.5, 0.6) is 11.5 Å². The van der Waals surface area contributed by atoms with E-state index in [4.69, 9.17) is 9.47 Å². The molecule has 0 aliphatic carbocycles. The Balaban J connectivity index is 1.43. The third-order valence-corrected chi connectivity index (χ3v) is 5.77. The molecule has 0 heterocycles. The minimum atomic E-state index is -0.895. The molecule has 4 rings (SSSR count). The molecule has 0 atom stereocenters. The summed E-state index contributed by atoms with van der Waals surface area (Å²) in [7, 11) is 0. The Morgan fingerprint density at radius 1 is 0.686 bits per heavy atom. The Morgan fingerprint density at radius 3 is 1.86 bits per heavy atom. The van der Waals surface area contributed by atoms with Crippen LogP contribution in [0.1, 0.15) is 30.9 Å². The normalized spacial score (nSPS) is 10.9. The van der Waals surface area contributed by atoms with Crippen molar-refractivity contribution in [2.75, 3.05) is 6.61 Å². The molecule has 0 saturated heterocycles. The van der Waals surface area contributed by atoms with Gasteiger partial charge in [-0.05, 0) is 54.3 Å². The first-order valence-corrected chi connectivity index (χ1v) is 11.7. The van der Waals surface area contributed by atoms with Crippen LogP contribution < -0.4 is 9.47 Å². The highest BCUT2D eigenvalue weighted by Gasteiger charge is 2.16. The van der Waals surface area contributed by atoms with Crippen LogP contribution in [-0.4, -0.2) is 6.61 Å². The van der Waals surface area contributed by atoms with Crippen LogP contribution in [0, 0.1) is 24.4 Å². The number of rotatable bonds is 9. The van der Waals surface area contributed by atoms with E-state index >= 15 is 0 Å². The van der Waals surface area contributed by atoms with E-state index in [1.165, 1.54) is 6.07 Å². The van der Waals surface area contributed by atoms with E-state index in [0.29, 0.717) is 29.0 Å². The maximum absolute atomic E-state index is 14.9. The average Bonchev–Trinajstić information content (AvgIpc) is 2.87. The summed E-state index contributed by atoms with van der Waals surface area (Å²) in [6, 6.07) is 21.9. The molecule has 0 bridgehead atoms. The fourth-order valence-corrected chi connectivity index (χ4v) is 3.70. The first-order valence-electron chi connectivity index (χ1n) is 11.7. The lowest BCUT2D eigenvalue weighted by atomic mass is 9.98. The van der Waals surface area contributed by atoms with Gasteiger partial charge in [0.15, 0.2) is 23.2 Å². The van der Waals surface area contributed by atoms with Gasteiger partial charge in [0.1, 0.15) is 12.4 Å². The number of hydrogen-bond donors (Lipinski definition) is 0. The van der Waals surface area contributed by atoms with Crippen LogP contribution in [0.25, 0.3) is 22.3 Å². The summed E-state index contributed by atoms with van der Waals surface area (Å²) in [5.74, 6) is -1.43. The number of aryl methyl sites for hydroxylation is 1. The standard InChI is InChI=1S/C30H27F3O2/c1-3-4-17-34-28-16-7-21(18-27(28)31)19-35-24-12-10-23(11-13-24)26-15-14-25(29(32)30(26)33)22-8-5-20(2)6-9-22/h5-16,18H,3-4,17,19H2,1-2H3. The summed E-state index contributed by atoms with van der Waals surface area (Å²) in [5, 5.41) is 0. The molecule has 4 aromatic rings. The van der Waals surface area contributed by atoms with Gasteiger partial charge in [0.05, 0.1) is 6.61 Å². The molecule has 5 heteroatoms. The third-order valence-electron chi connectivity index (χ3n) is 5.77. The highest BCUT2D eigenvalue weighted by atomic mass is 19.2. The van der Waals surface area contributed by atoms with Gasteiger partial charge in [-0.1, -0.05) is 73.5 Å². The van der Waals surface area contributed by atoms with Crippen molar-refractivity contribution < 1.29 is 22.6 Å². The highest BCUT2D eigenvalue weighted by molar-refractivity contribution is 5.72. The maximum Gasteiger partial charge on any atom is 0.167 e. The molecule has 0 aliphatic rings. The van der Waals surface area contributed by atoms with Gasteiger partial charge >= 0.3 is 0 Å². The molecular formula is C30H27F3O2. The number of unbranched alkanes of at least 4 members (excludes halogenated alkanes) is 1. The molecule has 0 saturated carbocycles. The Bertz CT molecular complexity index is 1280. The minimum absolute atomic E-state index is 0.166. The fourth-order valence-electron chi connectivity index (χ4n) is 3.70. The third kappa shape index (κ3) is 5.86. The van der Waals surface area contributed by atoms with E-state index in [-0.39, 0.29) is 23.5 Å². The van der Waals surface area contributed by atoms with Gasteiger partial charge in [0.25, 0.3) is 0 Å². The molecule has 0 radical (unpaired) electrons. The Morgan fingerprint density at radius 2 is 1.29 bits per heavy atom. The Kier molecular flexibility index (Phi) is 7.76. The van der Waals surface area contributed by atoms with Crippen LogP contribution >= 0.6 is 0 Å². The van der Waals surface area contributed by atoms with Crippen LogP contribution in [0.2, 0.25) is 0 Å². The van der Waals surface area contributed by atoms with Crippen molar-refractivity contribution in [2.45, 2.75) is 33.3 Å². The van der Waals surface area contributed by atoms with E-state index in [0.717, 1.165) is 18.4 Å². The van der Waals surface area contributed by atoms with Gasteiger partial charge in [-0.15, -0.1) is 0 Å². The van der Waals surface area contributed by atoms with Gasteiger partial charge in [-0.2, -0.15) is 0 Å². The first-order chi connectivity index (χ1) is 17.0. The van der Waals surface area contributed by atoms with Gasteiger partial charge in [0.2, 0.25) is 0 Å². The second-order valence-corrected chi connectivity index (χ2v) is 8.43. The zero-order chi connectivity index (χ0) is 24.8. The molecule has 0 N–H and O–H groups in total. The number of halogens is 3. The molecule has 180 valence electrons. The molecule has 0 aliphatic heterocycles. The van der Waals surface area contributed by atoms with Crippen molar-refractivity contribution >= 4 is 0 Å². The fraction of sp³-hybridized carbons (Fsp3) is 0.200. The first kappa shape index (κ1) is 24.4. The lowest BCUT2D eigenvalue weighted by Gasteiger charge is -2.11. The van der Waals surface area contributed by atoms with Crippen molar-refractivity contribution in [3.63, 3.8) is 0 Å². The summed E-state index contributed by atoms with van der Waals surface area (Å²) in [5.41, 5.74) is 3.26. The average molecular weight is 477 g/mol. The summed E-state index contributed by atoms with van der Waals surface area (Å²) in [6.07, 6.45) is 1.85. The molecule has 2 nitrogen and oxygen atoms in total. The molecule has 35 heavy (non-hydrogen) atoms. The zero-order valence-electron chi connectivity index (χ0n) is 19.8. The Hall–Kier alpha value is -3.73. The highest BCUT2D eigenvalue weighted by Crippen LogP contribution is 2.32.